The molecule has 0 fully saturated rings. The number of ether oxygens (including phenoxy) is 2. The number of rotatable bonds is 7. The van der Waals surface area contributed by atoms with Crippen molar-refractivity contribution < 1.29 is 31.6 Å². The van der Waals surface area contributed by atoms with E-state index in [0.29, 0.717) is 5.75 Å². The monoisotopic (exact) mass is 388 g/mol. The summed E-state index contributed by atoms with van der Waals surface area (Å²) in [4.78, 5) is 16.0. The first-order valence-electron chi connectivity index (χ1n) is 7.31. The quantitative estimate of drug-likeness (QED) is 0.738. The van der Waals surface area contributed by atoms with Crippen molar-refractivity contribution in [3.63, 3.8) is 0 Å². The Bertz CT molecular complexity index is 782. The van der Waals surface area contributed by atoms with Crippen LogP contribution in [0, 0.1) is 0 Å². The Morgan fingerprint density at radius 2 is 1.85 bits per heavy atom. The molecule has 0 aliphatic rings. The van der Waals surface area contributed by atoms with Gasteiger partial charge in [-0.05, 0) is 36.4 Å². The highest BCUT2D eigenvalue weighted by Crippen LogP contribution is 2.24. The largest absolute Gasteiger partial charge is 0.573 e. The van der Waals surface area contributed by atoms with Crippen molar-refractivity contribution >= 4 is 16.7 Å². The number of alkyl halides is 3. The zero-order valence-corrected chi connectivity index (χ0v) is 14.4. The van der Waals surface area contributed by atoms with Gasteiger partial charge in [0, 0.05) is 12.5 Å². The molecule has 0 aliphatic heterocycles. The lowest BCUT2D eigenvalue weighted by Crippen LogP contribution is -2.29. The molecule has 1 amide bonds. The van der Waals surface area contributed by atoms with Gasteiger partial charge in [-0.15, -0.1) is 13.2 Å². The van der Waals surface area contributed by atoms with Gasteiger partial charge in [0.25, 0.3) is 5.91 Å². The summed E-state index contributed by atoms with van der Waals surface area (Å²) in [5, 5.41) is 2.78. The van der Waals surface area contributed by atoms with Gasteiger partial charge in [-0.1, -0.05) is 0 Å². The van der Waals surface area contributed by atoms with Gasteiger partial charge in [-0.3, -0.25) is 9.00 Å². The maximum Gasteiger partial charge on any atom is 0.573 e. The molecule has 0 radical (unpaired) electrons. The molecule has 0 saturated heterocycles. The number of nitrogens with zero attached hydrogens (tertiary/aromatic N) is 1. The van der Waals surface area contributed by atoms with Crippen LogP contribution in [0.25, 0.3) is 0 Å². The lowest BCUT2D eigenvalue weighted by molar-refractivity contribution is -0.274. The summed E-state index contributed by atoms with van der Waals surface area (Å²) in [6.07, 6.45) is -1.88. The Morgan fingerprint density at radius 1 is 1.19 bits per heavy atom. The lowest BCUT2D eigenvalue weighted by atomic mass is 10.2. The van der Waals surface area contributed by atoms with Crippen molar-refractivity contribution in [2.45, 2.75) is 11.4 Å². The second kappa shape index (κ2) is 8.65. The maximum absolute atomic E-state index is 12.1. The topological polar surface area (TPSA) is 77.5 Å². The number of benzene rings is 1. The Balaban J connectivity index is 1.82. The SMILES string of the molecule is CS(=O)c1ncccc1C(=O)NCCOc1ccc(OC(F)(F)F)cc1. The van der Waals surface area contributed by atoms with Crippen molar-refractivity contribution in [3.05, 3.63) is 48.2 Å². The number of amides is 1. The Kier molecular flexibility index (Phi) is 6.56. The molecule has 1 atom stereocenters. The predicted octanol–water partition coefficient (Wildman–Crippen LogP) is 2.53. The van der Waals surface area contributed by atoms with Crippen LogP contribution < -0.4 is 14.8 Å². The minimum Gasteiger partial charge on any atom is -0.492 e. The Hall–Kier alpha value is -2.62. The predicted molar refractivity (Wildman–Crippen MR) is 87.5 cm³/mol. The van der Waals surface area contributed by atoms with Gasteiger partial charge in [-0.2, -0.15) is 0 Å². The normalized spacial score (nSPS) is 12.3. The van der Waals surface area contributed by atoms with E-state index in [1.165, 1.54) is 30.7 Å². The fraction of sp³-hybridized carbons (Fsp3) is 0.250. The third kappa shape index (κ3) is 6.03. The summed E-state index contributed by atoms with van der Waals surface area (Å²) >= 11 is 0. The first-order valence-corrected chi connectivity index (χ1v) is 8.87. The van der Waals surface area contributed by atoms with Gasteiger partial charge in [-0.25, -0.2) is 4.98 Å². The molecule has 1 N–H and O–H groups in total. The molecule has 1 unspecified atom stereocenters. The van der Waals surface area contributed by atoms with Crippen LogP contribution in [0.15, 0.2) is 47.6 Å². The maximum atomic E-state index is 12.1. The number of halogens is 3. The van der Waals surface area contributed by atoms with E-state index in [1.54, 1.807) is 6.07 Å². The molecule has 1 aromatic carbocycles. The number of aromatic nitrogens is 1. The molecule has 0 saturated carbocycles. The summed E-state index contributed by atoms with van der Waals surface area (Å²) in [5.74, 6) is -0.471. The van der Waals surface area contributed by atoms with Gasteiger partial charge in [0.05, 0.1) is 22.9 Å². The standard InChI is InChI=1S/C16H15F3N2O4S/c1-26(23)15-13(3-2-8-21-15)14(22)20-9-10-24-11-4-6-12(7-5-11)25-16(17,18)19/h2-8H,9-10H2,1H3,(H,20,22). The Labute approximate surface area is 149 Å². The number of nitrogens with one attached hydrogen (secondary N) is 1. The number of hydrogen-bond acceptors (Lipinski definition) is 5. The number of pyridine rings is 1. The van der Waals surface area contributed by atoms with E-state index < -0.39 is 23.1 Å². The van der Waals surface area contributed by atoms with Crippen molar-refractivity contribution in [1.29, 1.82) is 0 Å². The second-order valence-electron chi connectivity index (χ2n) is 4.93. The average molecular weight is 388 g/mol. The van der Waals surface area contributed by atoms with Gasteiger partial charge >= 0.3 is 6.36 Å². The van der Waals surface area contributed by atoms with Crippen molar-refractivity contribution in [1.82, 2.24) is 10.3 Å². The molecular formula is C16H15F3N2O4S. The van der Waals surface area contributed by atoms with Crippen LogP contribution in [0.3, 0.4) is 0 Å². The molecule has 0 spiro atoms. The van der Waals surface area contributed by atoms with E-state index in [1.807, 2.05) is 0 Å². The van der Waals surface area contributed by atoms with E-state index in [0.717, 1.165) is 12.1 Å². The summed E-state index contributed by atoms with van der Waals surface area (Å²) in [5.41, 5.74) is 0.210. The van der Waals surface area contributed by atoms with Crippen LogP contribution in [-0.4, -0.2) is 40.9 Å². The number of carbonyl (C=O) groups is 1. The summed E-state index contributed by atoms with van der Waals surface area (Å²) in [7, 11) is -1.40. The van der Waals surface area contributed by atoms with Crippen molar-refractivity contribution in [3.8, 4) is 11.5 Å². The van der Waals surface area contributed by atoms with E-state index in [2.05, 4.69) is 15.0 Å². The highest BCUT2D eigenvalue weighted by Gasteiger charge is 2.30. The second-order valence-corrected chi connectivity index (χ2v) is 6.23. The number of carbonyl (C=O) groups excluding carboxylic acids is 1. The zero-order chi connectivity index (χ0) is 19.2. The van der Waals surface area contributed by atoms with E-state index in [4.69, 9.17) is 4.74 Å². The lowest BCUT2D eigenvalue weighted by Gasteiger charge is -2.11. The molecule has 10 heteroatoms. The van der Waals surface area contributed by atoms with E-state index in [-0.39, 0.29) is 29.5 Å². The van der Waals surface area contributed by atoms with E-state index in [9.17, 15) is 22.2 Å². The third-order valence-corrected chi connectivity index (χ3v) is 3.87. The fourth-order valence-electron chi connectivity index (χ4n) is 1.96. The van der Waals surface area contributed by atoms with Crippen LogP contribution in [0.4, 0.5) is 13.2 Å². The minimum atomic E-state index is -4.75. The molecule has 1 heterocycles. The minimum absolute atomic E-state index is 0.0933. The van der Waals surface area contributed by atoms with Crippen LogP contribution in [-0.2, 0) is 10.8 Å². The van der Waals surface area contributed by atoms with Crippen molar-refractivity contribution in [2.24, 2.45) is 0 Å². The summed E-state index contributed by atoms with van der Waals surface area (Å²) < 4.78 is 56.8. The van der Waals surface area contributed by atoms with Gasteiger partial charge in [0.15, 0.2) is 0 Å². The number of hydrogen-bond donors (Lipinski definition) is 1. The fourth-order valence-corrected chi connectivity index (χ4v) is 2.64. The summed E-state index contributed by atoms with van der Waals surface area (Å²) in [6.45, 7) is 0.236. The first kappa shape index (κ1) is 19.7. The zero-order valence-electron chi connectivity index (χ0n) is 13.6. The van der Waals surface area contributed by atoms with Gasteiger partial charge < -0.3 is 14.8 Å². The van der Waals surface area contributed by atoms with Crippen LogP contribution >= 0.6 is 0 Å². The Morgan fingerprint density at radius 3 is 2.46 bits per heavy atom. The molecule has 26 heavy (non-hydrogen) atoms. The summed E-state index contributed by atoms with van der Waals surface area (Å²) in [6, 6.07) is 7.97. The van der Waals surface area contributed by atoms with Gasteiger partial charge in [0.2, 0.25) is 0 Å². The highest BCUT2D eigenvalue weighted by molar-refractivity contribution is 7.84. The van der Waals surface area contributed by atoms with E-state index >= 15 is 0 Å². The average Bonchev–Trinajstić information content (AvgIpc) is 2.58. The molecule has 0 aliphatic carbocycles. The molecule has 1 aromatic heterocycles. The molecule has 2 aromatic rings. The van der Waals surface area contributed by atoms with Crippen LogP contribution in [0.5, 0.6) is 11.5 Å². The third-order valence-electron chi connectivity index (χ3n) is 3.00. The van der Waals surface area contributed by atoms with Crippen LogP contribution in [0.2, 0.25) is 0 Å². The molecule has 0 bridgehead atoms. The van der Waals surface area contributed by atoms with Gasteiger partial charge in [0.1, 0.15) is 23.1 Å². The molecule has 6 nitrogen and oxygen atoms in total. The molecule has 2 rings (SSSR count). The van der Waals surface area contributed by atoms with Crippen LogP contribution in [0.1, 0.15) is 10.4 Å². The molecule has 140 valence electrons. The first-order chi connectivity index (χ1) is 12.3. The molecular weight excluding hydrogens is 373 g/mol. The van der Waals surface area contributed by atoms with Crippen molar-refractivity contribution in [2.75, 3.05) is 19.4 Å². The highest BCUT2D eigenvalue weighted by atomic mass is 32.2. The smallest absolute Gasteiger partial charge is 0.492 e.